The number of amides is 3. The Kier molecular flexibility index (Phi) is 9.17. The molecule has 3 amide bonds. The topological polar surface area (TPSA) is 40.6 Å². The summed E-state index contributed by atoms with van der Waals surface area (Å²) in [5.41, 5.74) is 3.57. The maximum absolute atomic E-state index is 14.0. The number of hydrogen-bond acceptors (Lipinski definition) is 3. The van der Waals surface area contributed by atoms with Gasteiger partial charge in [0.1, 0.15) is 0 Å². The van der Waals surface area contributed by atoms with Crippen molar-refractivity contribution in [3.8, 4) is 0 Å². The zero-order valence-electron chi connectivity index (χ0n) is 20.9. The van der Waals surface area contributed by atoms with E-state index >= 15 is 0 Å². The molecule has 1 aliphatic heterocycles. The number of nitrogens with zero attached hydrogens (tertiary/aromatic N) is 2. The molecule has 1 saturated heterocycles. The molecule has 3 rings (SSSR count). The summed E-state index contributed by atoms with van der Waals surface area (Å²) in [6.07, 6.45) is 6.96. The van der Waals surface area contributed by atoms with Crippen molar-refractivity contribution in [2.75, 3.05) is 7.05 Å². The summed E-state index contributed by atoms with van der Waals surface area (Å²) in [6, 6.07) is 19.2. The summed E-state index contributed by atoms with van der Waals surface area (Å²) in [4.78, 5) is 31.4. The quantitative estimate of drug-likeness (QED) is 0.283. The van der Waals surface area contributed by atoms with Crippen LogP contribution in [0.3, 0.4) is 0 Å². The maximum atomic E-state index is 14.0. The van der Waals surface area contributed by atoms with Crippen LogP contribution in [0.5, 0.6) is 0 Å². The molecule has 0 saturated carbocycles. The number of allylic oxidation sites excluding steroid dienone is 4. The smallest absolute Gasteiger partial charge is 0.322 e. The van der Waals surface area contributed by atoms with E-state index < -0.39 is 0 Å². The molecule has 0 radical (unpaired) electrons. The number of rotatable bonds is 9. The summed E-state index contributed by atoms with van der Waals surface area (Å²) >= 11 is 1.54. The molecular weight excluding hydrogens is 440 g/mol. The van der Waals surface area contributed by atoms with Crippen molar-refractivity contribution in [3.05, 3.63) is 89.5 Å². The molecular formula is C29H36N2O2S. The molecule has 0 unspecified atom stereocenters. The zero-order chi connectivity index (χ0) is 24.7. The first-order chi connectivity index (χ1) is 16.3. The number of thioether (sulfide) groups is 1. The van der Waals surface area contributed by atoms with Gasteiger partial charge in [-0.2, -0.15) is 0 Å². The Balaban J connectivity index is 1.88. The minimum absolute atomic E-state index is 0.0948. The highest BCUT2D eigenvalue weighted by Crippen LogP contribution is 2.37. The van der Waals surface area contributed by atoms with E-state index in [4.69, 9.17) is 0 Å². The van der Waals surface area contributed by atoms with Gasteiger partial charge in [-0.05, 0) is 64.7 Å². The van der Waals surface area contributed by atoms with Gasteiger partial charge in [-0.3, -0.25) is 9.69 Å². The second-order valence-corrected chi connectivity index (χ2v) is 10.5. The second kappa shape index (κ2) is 12.1. The van der Waals surface area contributed by atoms with Crippen LogP contribution in [0.4, 0.5) is 4.79 Å². The molecule has 0 bridgehead atoms. The van der Waals surface area contributed by atoms with E-state index in [0.29, 0.717) is 6.42 Å². The van der Waals surface area contributed by atoms with Crippen molar-refractivity contribution < 1.29 is 9.59 Å². The lowest BCUT2D eigenvalue weighted by Gasteiger charge is -2.27. The van der Waals surface area contributed by atoms with E-state index in [1.807, 2.05) is 67.6 Å². The third-order valence-corrected chi connectivity index (χ3v) is 7.52. The van der Waals surface area contributed by atoms with Crippen LogP contribution in [0.2, 0.25) is 0 Å². The van der Waals surface area contributed by atoms with Crippen molar-refractivity contribution in [2.24, 2.45) is 0 Å². The van der Waals surface area contributed by atoms with Gasteiger partial charge in [-0.1, -0.05) is 71.8 Å². The molecule has 180 valence electrons. The Morgan fingerprint density at radius 1 is 1.00 bits per heavy atom. The SMILES string of the molecule is CC(C)=CCC/C(C)=C/C[C@H](Sc1ccccc1)C(=O)N1C(=O)N(C)[C@@H](C)[C@H]1c1ccccc1. The van der Waals surface area contributed by atoms with Gasteiger partial charge < -0.3 is 4.90 Å². The normalized spacial score (nSPS) is 19.3. The molecule has 4 nitrogen and oxygen atoms in total. The fourth-order valence-corrected chi connectivity index (χ4v) is 5.27. The molecule has 0 spiro atoms. The van der Waals surface area contributed by atoms with Gasteiger partial charge in [-0.25, -0.2) is 4.79 Å². The molecule has 0 N–H and O–H groups in total. The molecule has 3 atom stereocenters. The molecule has 5 heteroatoms. The summed E-state index contributed by atoms with van der Waals surface area (Å²) in [6.45, 7) is 8.35. The monoisotopic (exact) mass is 476 g/mol. The van der Waals surface area contributed by atoms with E-state index in [-0.39, 0.29) is 29.3 Å². The minimum Gasteiger partial charge on any atom is -0.322 e. The first kappa shape index (κ1) is 25.8. The molecule has 2 aromatic carbocycles. The number of imide groups is 1. The molecule has 1 heterocycles. The van der Waals surface area contributed by atoms with Crippen LogP contribution in [-0.2, 0) is 4.79 Å². The van der Waals surface area contributed by atoms with Crippen LogP contribution in [0.15, 0.2) is 88.9 Å². The van der Waals surface area contributed by atoms with E-state index in [1.54, 1.807) is 11.9 Å². The fourth-order valence-electron chi connectivity index (χ4n) is 4.22. The van der Waals surface area contributed by atoms with E-state index in [9.17, 15) is 9.59 Å². The average molecular weight is 477 g/mol. The van der Waals surface area contributed by atoms with Crippen molar-refractivity contribution in [1.29, 1.82) is 0 Å². The fraction of sp³-hybridized carbons (Fsp3) is 0.379. The lowest BCUT2D eigenvalue weighted by atomic mass is 10.00. The largest absolute Gasteiger partial charge is 0.327 e. The van der Waals surface area contributed by atoms with Gasteiger partial charge in [0.05, 0.1) is 17.3 Å². The summed E-state index contributed by atoms with van der Waals surface area (Å²) in [5.74, 6) is -0.128. The standard InChI is InChI=1S/C29H36N2O2S/c1-21(2)13-12-14-22(3)19-20-26(34-25-17-10-7-11-18-25)28(32)31-27(23(4)30(5)29(31)33)24-15-8-6-9-16-24/h6-11,13,15-19,23,26-27H,12,14,20H2,1-5H3/b22-19+/t23-,26-,27-/m0/s1. The van der Waals surface area contributed by atoms with E-state index in [2.05, 4.69) is 32.9 Å². The Bertz CT molecular complexity index is 1030. The van der Waals surface area contributed by atoms with Crippen molar-refractivity contribution >= 4 is 23.7 Å². The van der Waals surface area contributed by atoms with Crippen LogP contribution < -0.4 is 0 Å². The molecule has 1 fully saturated rings. The average Bonchev–Trinajstić information content (AvgIpc) is 3.06. The van der Waals surface area contributed by atoms with Gasteiger partial charge in [0, 0.05) is 11.9 Å². The molecule has 0 aliphatic carbocycles. The molecule has 1 aliphatic rings. The van der Waals surface area contributed by atoms with Crippen molar-refractivity contribution in [1.82, 2.24) is 9.80 Å². The van der Waals surface area contributed by atoms with Gasteiger partial charge in [-0.15, -0.1) is 11.8 Å². The summed E-state index contributed by atoms with van der Waals surface area (Å²) in [5, 5.41) is -0.380. The van der Waals surface area contributed by atoms with E-state index in [1.165, 1.54) is 27.8 Å². The minimum atomic E-state index is -0.380. The first-order valence-electron chi connectivity index (χ1n) is 11.9. The van der Waals surface area contributed by atoms with Crippen LogP contribution in [0, 0.1) is 0 Å². The van der Waals surface area contributed by atoms with Crippen LogP contribution in [-0.4, -0.2) is 40.1 Å². The lowest BCUT2D eigenvalue weighted by Crippen LogP contribution is -2.41. The molecule has 34 heavy (non-hydrogen) atoms. The van der Waals surface area contributed by atoms with Crippen LogP contribution in [0.1, 0.15) is 58.6 Å². The van der Waals surface area contributed by atoms with Gasteiger partial charge >= 0.3 is 6.03 Å². The number of likely N-dealkylation sites (N-methyl/N-ethyl adjacent to an activating group) is 1. The number of hydrogen-bond donors (Lipinski definition) is 0. The highest BCUT2D eigenvalue weighted by atomic mass is 32.2. The van der Waals surface area contributed by atoms with Gasteiger partial charge in [0.15, 0.2) is 0 Å². The highest BCUT2D eigenvalue weighted by molar-refractivity contribution is 8.00. The third kappa shape index (κ3) is 6.41. The third-order valence-electron chi connectivity index (χ3n) is 6.30. The van der Waals surface area contributed by atoms with E-state index in [0.717, 1.165) is 23.3 Å². The van der Waals surface area contributed by atoms with Gasteiger partial charge in [0.25, 0.3) is 0 Å². The number of benzene rings is 2. The number of carbonyl (C=O) groups is 2. The Hall–Kier alpha value is -2.79. The van der Waals surface area contributed by atoms with Crippen molar-refractivity contribution in [3.63, 3.8) is 0 Å². The lowest BCUT2D eigenvalue weighted by molar-refractivity contribution is -0.128. The number of urea groups is 1. The highest BCUT2D eigenvalue weighted by Gasteiger charge is 2.47. The molecule has 0 aromatic heterocycles. The molecule has 2 aromatic rings. The predicted octanol–water partition coefficient (Wildman–Crippen LogP) is 7.25. The zero-order valence-corrected chi connectivity index (χ0v) is 21.7. The first-order valence-corrected chi connectivity index (χ1v) is 12.8. The van der Waals surface area contributed by atoms with Crippen LogP contribution >= 0.6 is 11.8 Å². The Morgan fingerprint density at radius 2 is 1.62 bits per heavy atom. The summed E-state index contributed by atoms with van der Waals surface area (Å²) < 4.78 is 0. The Labute approximate surface area is 208 Å². The summed E-state index contributed by atoms with van der Waals surface area (Å²) in [7, 11) is 1.78. The predicted molar refractivity (Wildman–Crippen MR) is 142 cm³/mol. The second-order valence-electron chi connectivity index (χ2n) is 9.22. The van der Waals surface area contributed by atoms with Gasteiger partial charge in [0.2, 0.25) is 5.91 Å². The van der Waals surface area contributed by atoms with Crippen molar-refractivity contribution in [2.45, 2.75) is 69.2 Å². The Morgan fingerprint density at radius 3 is 2.24 bits per heavy atom. The maximum Gasteiger partial charge on any atom is 0.327 e. The number of carbonyl (C=O) groups excluding carboxylic acids is 2. The van der Waals surface area contributed by atoms with Crippen LogP contribution in [0.25, 0.3) is 0 Å².